The molecule has 0 fully saturated rings. The monoisotopic (exact) mass is 649 g/mol. The molecule has 2 aliphatic carbocycles. The SMILES string of the molecule is c1ccc(-c2ccccc2N(c2ccc3c(c2)C2(c4ccccc4-c4ccccc42)c2ccccc2-3)c2cccc3c2oc2ccccc23)cc1. The van der Waals surface area contributed by atoms with Gasteiger partial charge in [0.25, 0.3) is 0 Å². The predicted octanol–water partition coefficient (Wildman–Crippen LogP) is 13.1. The van der Waals surface area contributed by atoms with E-state index in [4.69, 9.17) is 4.42 Å². The molecular formula is C49H31NO. The largest absolute Gasteiger partial charge is 0.454 e. The predicted molar refractivity (Wildman–Crippen MR) is 210 cm³/mol. The minimum Gasteiger partial charge on any atom is -0.454 e. The first-order valence-corrected chi connectivity index (χ1v) is 17.6. The third kappa shape index (κ3) is 3.82. The van der Waals surface area contributed by atoms with Gasteiger partial charge in [-0.2, -0.15) is 0 Å². The van der Waals surface area contributed by atoms with Crippen LogP contribution in [0.25, 0.3) is 55.3 Å². The molecular weight excluding hydrogens is 619 g/mol. The lowest BCUT2D eigenvalue weighted by Gasteiger charge is -2.32. The Hall–Kier alpha value is -6.64. The third-order valence-corrected chi connectivity index (χ3v) is 11.1. The zero-order valence-electron chi connectivity index (χ0n) is 27.8. The number of furan rings is 1. The molecule has 0 saturated heterocycles. The van der Waals surface area contributed by atoms with Gasteiger partial charge in [-0.05, 0) is 80.4 Å². The van der Waals surface area contributed by atoms with E-state index in [1.807, 2.05) is 6.07 Å². The van der Waals surface area contributed by atoms with Crippen molar-refractivity contribution in [2.45, 2.75) is 5.41 Å². The minimum absolute atomic E-state index is 0.439. The molecule has 0 unspecified atom stereocenters. The lowest BCUT2D eigenvalue weighted by Crippen LogP contribution is -2.26. The van der Waals surface area contributed by atoms with E-state index in [1.54, 1.807) is 0 Å². The van der Waals surface area contributed by atoms with Gasteiger partial charge in [-0.3, -0.25) is 0 Å². The van der Waals surface area contributed by atoms with Crippen LogP contribution in [0.15, 0.2) is 192 Å². The quantitative estimate of drug-likeness (QED) is 0.189. The first kappa shape index (κ1) is 28.2. The Morgan fingerprint density at radius 3 is 1.61 bits per heavy atom. The molecule has 0 aliphatic heterocycles. The number of benzene rings is 8. The van der Waals surface area contributed by atoms with E-state index in [9.17, 15) is 0 Å². The topological polar surface area (TPSA) is 16.4 Å². The molecule has 2 heteroatoms. The highest BCUT2D eigenvalue weighted by Crippen LogP contribution is 2.63. The second-order valence-corrected chi connectivity index (χ2v) is 13.6. The van der Waals surface area contributed by atoms with Crippen LogP contribution in [-0.2, 0) is 5.41 Å². The van der Waals surface area contributed by atoms with Crippen molar-refractivity contribution in [3.8, 4) is 33.4 Å². The first-order valence-electron chi connectivity index (χ1n) is 17.6. The number of hydrogen-bond donors (Lipinski definition) is 0. The van der Waals surface area contributed by atoms with Gasteiger partial charge in [0, 0.05) is 22.0 Å². The van der Waals surface area contributed by atoms with Gasteiger partial charge in [0.15, 0.2) is 5.58 Å². The minimum atomic E-state index is -0.439. The van der Waals surface area contributed by atoms with Crippen LogP contribution >= 0.6 is 0 Å². The van der Waals surface area contributed by atoms with Crippen LogP contribution in [0.2, 0.25) is 0 Å². The molecule has 0 bridgehead atoms. The normalized spacial score (nSPS) is 13.3. The standard InChI is InChI=1S/C49H31NO/c1-2-15-32(16-3-1)34-17-7-12-26-45(34)50(46-27-14-22-40-39-21-8-13-28-47(39)51-48(40)46)33-29-30-38-37-20-6-11-25-43(37)49(44(38)31-33)41-23-9-4-18-35(41)36-19-5-10-24-42(36)49/h1-31H. The maximum Gasteiger partial charge on any atom is 0.159 e. The molecule has 0 N–H and O–H groups in total. The molecule has 8 aromatic carbocycles. The second-order valence-electron chi connectivity index (χ2n) is 13.6. The third-order valence-electron chi connectivity index (χ3n) is 11.1. The van der Waals surface area contributed by atoms with Gasteiger partial charge in [0.05, 0.1) is 16.8 Å². The summed E-state index contributed by atoms with van der Waals surface area (Å²) in [6.45, 7) is 0. The number of para-hydroxylation sites is 3. The molecule has 1 spiro atoms. The van der Waals surface area contributed by atoms with E-state index in [2.05, 4.69) is 187 Å². The number of nitrogens with zero attached hydrogens (tertiary/aromatic N) is 1. The van der Waals surface area contributed by atoms with Gasteiger partial charge in [0.2, 0.25) is 0 Å². The summed E-state index contributed by atoms with van der Waals surface area (Å²) in [4.78, 5) is 2.41. The van der Waals surface area contributed by atoms with Crippen molar-refractivity contribution in [3.05, 3.63) is 210 Å². The molecule has 0 radical (unpaired) electrons. The van der Waals surface area contributed by atoms with Gasteiger partial charge >= 0.3 is 0 Å². The van der Waals surface area contributed by atoms with Gasteiger partial charge in [-0.15, -0.1) is 0 Å². The number of hydrogen-bond acceptors (Lipinski definition) is 2. The molecule has 238 valence electrons. The first-order chi connectivity index (χ1) is 25.3. The van der Waals surface area contributed by atoms with Crippen LogP contribution in [0.5, 0.6) is 0 Å². The summed E-state index contributed by atoms with van der Waals surface area (Å²) in [6, 6.07) is 68.4. The Bertz CT molecular complexity index is 2760. The van der Waals surface area contributed by atoms with Gasteiger partial charge in [-0.1, -0.05) is 158 Å². The van der Waals surface area contributed by atoms with E-state index in [1.165, 1.54) is 50.1 Å². The molecule has 0 saturated carbocycles. The van der Waals surface area contributed by atoms with Gasteiger partial charge in [0.1, 0.15) is 5.58 Å². The zero-order chi connectivity index (χ0) is 33.5. The highest BCUT2D eigenvalue weighted by atomic mass is 16.3. The summed E-state index contributed by atoms with van der Waals surface area (Å²) in [5.41, 5.74) is 17.3. The Kier molecular flexibility index (Phi) is 5.91. The fraction of sp³-hybridized carbons (Fsp3) is 0.0204. The smallest absolute Gasteiger partial charge is 0.159 e. The molecule has 1 heterocycles. The van der Waals surface area contributed by atoms with E-state index >= 15 is 0 Å². The summed E-state index contributed by atoms with van der Waals surface area (Å²) in [5, 5.41) is 2.22. The maximum absolute atomic E-state index is 6.74. The van der Waals surface area contributed by atoms with Crippen molar-refractivity contribution in [2.24, 2.45) is 0 Å². The van der Waals surface area contributed by atoms with Crippen LogP contribution in [0.4, 0.5) is 17.1 Å². The van der Waals surface area contributed by atoms with Gasteiger partial charge < -0.3 is 9.32 Å². The van der Waals surface area contributed by atoms with E-state index in [-0.39, 0.29) is 0 Å². The lowest BCUT2D eigenvalue weighted by molar-refractivity contribution is 0.669. The summed E-state index contributed by atoms with van der Waals surface area (Å²) in [6.07, 6.45) is 0. The molecule has 11 rings (SSSR count). The fourth-order valence-electron chi connectivity index (χ4n) is 9.07. The maximum atomic E-state index is 6.74. The number of rotatable bonds is 4. The average molecular weight is 650 g/mol. The summed E-state index contributed by atoms with van der Waals surface area (Å²) in [5.74, 6) is 0. The molecule has 1 aromatic heterocycles. The lowest BCUT2D eigenvalue weighted by atomic mass is 9.70. The summed E-state index contributed by atoms with van der Waals surface area (Å²) in [7, 11) is 0. The Labute approximate surface area is 296 Å². The Morgan fingerprint density at radius 2 is 0.902 bits per heavy atom. The highest BCUT2D eigenvalue weighted by molar-refractivity contribution is 6.11. The number of fused-ring (bicyclic) bond motifs is 13. The number of anilines is 3. The van der Waals surface area contributed by atoms with Crippen molar-refractivity contribution < 1.29 is 4.42 Å². The zero-order valence-corrected chi connectivity index (χ0v) is 27.8. The second kappa shape index (κ2) is 10.7. The molecule has 9 aromatic rings. The van der Waals surface area contributed by atoms with Crippen LogP contribution in [0.3, 0.4) is 0 Å². The molecule has 0 amide bonds. The summed E-state index contributed by atoms with van der Waals surface area (Å²) < 4.78 is 6.74. The van der Waals surface area contributed by atoms with Crippen molar-refractivity contribution in [1.29, 1.82) is 0 Å². The van der Waals surface area contributed by atoms with E-state index in [0.717, 1.165) is 44.6 Å². The van der Waals surface area contributed by atoms with Crippen LogP contribution in [0.1, 0.15) is 22.3 Å². The summed E-state index contributed by atoms with van der Waals surface area (Å²) >= 11 is 0. The van der Waals surface area contributed by atoms with Crippen molar-refractivity contribution >= 4 is 39.0 Å². The molecule has 0 atom stereocenters. The van der Waals surface area contributed by atoms with Gasteiger partial charge in [-0.25, -0.2) is 0 Å². The fourth-order valence-corrected chi connectivity index (χ4v) is 9.07. The molecule has 2 aliphatic rings. The Balaban J connectivity index is 1.24. The van der Waals surface area contributed by atoms with E-state index < -0.39 is 5.41 Å². The van der Waals surface area contributed by atoms with E-state index in [0.29, 0.717) is 0 Å². The van der Waals surface area contributed by atoms with Crippen LogP contribution in [-0.4, -0.2) is 0 Å². The highest BCUT2D eigenvalue weighted by Gasteiger charge is 2.51. The average Bonchev–Trinajstić information content (AvgIpc) is 3.83. The molecule has 51 heavy (non-hydrogen) atoms. The van der Waals surface area contributed by atoms with Crippen molar-refractivity contribution in [1.82, 2.24) is 0 Å². The molecule has 2 nitrogen and oxygen atoms in total. The van der Waals surface area contributed by atoms with Crippen LogP contribution < -0.4 is 4.90 Å². The van der Waals surface area contributed by atoms with Crippen LogP contribution in [0, 0.1) is 0 Å². The van der Waals surface area contributed by atoms with Crippen molar-refractivity contribution in [2.75, 3.05) is 4.90 Å². The Morgan fingerprint density at radius 1 is 0.373 bits per heavy atom. The van der Waals surface area contributed by atoms with Crippen molar-refractivity contribution in [3.63, 3.8) is 0 Å².